The molecule has 1 atom stereocenters. The average Bonchev–Trinajstić information content (AvgIpc) is 3.05. The molecule has 22 heavy (non-hydrogen) atoms. The molecule has 0 saturated heterocycles. The maximum absolute atomic E-state index is 12.3. The highest BCUT2D eigenvalue weighted by molar-refractivity contribution is 7.10. The summed E-state index contributed by atoms with van der Waals surface area (Å²) in [6.45, 7) is 2.52. The molecule has 0 radical (unpaired) electrons. The van der Waals surface area contributed by atoms with Gasteiger partial charge in [0.2, 0.25) is 0 Å². The summed E-state index contributed by atoms with van der Waals surface area (Å²) in [5.41, 5.74) is 1.03. The lowest BCUT2D eigenvalue weighted by Crippen LogP contribution is -2.38. The first-order valence-corrected chi connectivity index (χ1v) is 8.03. The molecule has 0 aliphatic carbocycles. The van der Waals surface area contributed by atoms with E-state index in [1.807, 2.05) is 62.6 Å². The van der Waals surface area contributed by atoms with E-state index < -0.39 is 0 Å². The van der Waals surface area contributed by atoms with Crippen LogP contribution in [0, 0.1) is 0 Å². The number of thiophene rings is 1. The van der Waals surface area contributed by atoms with Crippen LogP contribution in [-0.4, -0.2) is 37.1 Å². The summed E-state index contributed by atoms with van der Waals surface area (Å²) >= 11 is 1.66. The van der Waals surface area contributed by atoms with Crippen molar-refractivity contribution in [2.24, 2.45) is 0 Å². The molecule has 0 spiro atoms. The van der Waals surface area contributed by atoms with Crippen molar-refractivity contribution < 1.29 is 4.79 Å². The van der Waals surface area contributed by atoms with Gasteiger partial charge in [-0.15, -0.1) is 11.3 Å². The molecule has 0 bridgehead atoms. The third-order valence-electron chi connectivity index (χ3n) is 3.57. The van der Waals surface area contributed by atoms with Crippen molar-refractivity contribution in [3.05, 3.63) is 46.3 Å². The van der Waals surface area contributed by atoms with E-state index in [4.69, 9.17) is 0 Å². The van der Waals surface area contributed by atoms with E-state index in [1.165, 1.54) is 4.88 Å². The second kappa shape index (κ2) is 7.26. The van der Waals surface area contributed by atoms with Gasteiger partial charge in [-0.05, 0) is 36.1 Å². The third kappa shape index (κ3) is 3.98. The van der Waals surface area contributed by atoms with E-state index in [9.17, 15) is 4.79 Å². The Morgan fingerprint density at radius 2 is 2.14 bits per heavy atom. The Morgan fingerprint density at radius 1 is 1.36 bits per heavy atom. The first kappa shape index (κ1) is 16.3. The van der Waals surface area contributed by atoms with Gasteiger partial charge in [-0.3, -0.25) is 0 Å². The van der Waals surface area contributed by atoms with Crippen molar-refractivity contribution in [2.75, 3.05) is 26.0 Å². The largest absolute Gasteiger partial charge is 0.363 e. The summed E-state index contributed by atoms with van der Waals surface area (Å²) in [7, 11) is 5.71. The topological polar surface area (TPSA) is 48.5 Å². The molecule has 5 nitrogen and oxygen atoms in total. The number of aromatic nitrogens is 1. The number of amides is 2. The molecule has 2 rings (SSSR count). The highest BCUT2D eigenvalue weighted by Crippen LogP contribution is 2.23. The van der Waals surface area contributed by atoms with Gasteiger partial charge in [-0.25, -0.2) is 9.78 Å². The fourth-order valence-electron chi connectivity index (χ4n) is 2.01. The summed E-state index contributed by atoms with van der Waals surface area (Å²) in [5, 5.41) is 4.98. The molecule has 2 amide bonds. The molecule has 2 aromatic rings. The Kier molecular flexibility index (Phi) is 5.38. The van der Waals surface area contributed by atoms with Crippen molar-refractivity contribution in [2.45, 2.75) is 19.5 Å². The molecule has 0 saturated carbocycles. The van der Waals surface area contributed by atoms with Crippen molar-refractivity contribution in [1.29, 1.82) is 0 Å². The van der Waals surface area contributed by atoms with Crippen molar-refractivity contribution in [1.82, 2.24) is 15.2 Å². The van der Waals surface area contributed by atoms with Crippen LogP contribution in [0.4, 0.5) is 10.6 Å². The van der Waals surface area contributed by atoms with E-state index in [2.05, 4.69) is 10.3 Å². The lowest BCUT2D eigenvalue weighted by molar-refractivity contribution is 0.194. The lowest BCUT2D eigenvalue weighted by atomic mass is 10.2. The predicted molar refractivity (Wildman–Crippen MR) is 91.3 cm³/mol. The van der Waals surface area contributed by atoms with Gasteiger partial charge in [-0.2, -0.15) is 0 Å². The van der Waals surface area contributed by atoms with Crippen LogP contribution in [0.2, 0.25) is 0 Å². The average molecular weight is 318 g/mol. The Bertz CT molecular complexity index is 612. The minimum Gasteiger partial charge on any atom is -0.363 e. The normalized spacial score (nSPS) is 11.8. The standard InChI is InChI=1S/C16H22N4OS/c1-12(14-6-5-9-22-14)20(4)16(21)18-11-13-7-8-17-15(10-13)19(2)3/h5-10,12H,11H2,1-4H3,(H,18,21)/t12-/m1/s1. The second-order valence-corrected chi connectivity index (χ2v) is 6.36. The van der Waals surface area contributed by atoms with Gasteiger partial charge in [0.15, 0.2) is 0 Å². The summed E-state index contributed by atoms with van der Waals surface area (Å²) < 4.78 is 0. The summed E-state index contributed by atoms with van der Waals surface area (Å²) in [6, 6.07) is 7.92. The van der Waals surface area contributed by atoms with Crippen LogP contribution in [0.3, 0.4) is 0 Å². The zero-order valence-corrected chi connectivity index (χ0v) is 14.2. The van der Waals surface area contributed by atoms with Crippen LogP contribution >= 0.6 is 11.3 Å². The molecule has 0 fully saturated rings. The number of nitrogens with zero attached hydrogens (tertiary/aromatic N) is 3. The molecule has 118 valence electrons. The van der Waals surface area contributed by atoms with E-state index in [0.717, 1.165) is 11.4 Å². The highest BCUT2D eigenvalue weighted by Gasteiger charge is 2.17. The van der Waals surface area contributed by atoms with Crippen LogP contribution in [0.1, 0.15) is 23.4 Å². The first-order chi connectivity index (χ1) is 10.5. The minimum absolute atomic E-state index is 0.0646. The van der Waals surface area contributed by atoms with Crippen LogP contribution in [-0.2, 0) is 6.54 Å². The number of carbonyl (C=O) groups excluding carboxylic acids is 1. The third-order valence-corrected chi connectivity index (χ3v) is 4.61. The van der Waals surface area contributed by atoms with Gasteiger partial charge in [0.1, 0.15) is 5.82 Å². The fourth-order valence-corrected chi connectivity index (χ4v) is 2.84. The van der Waals surface area contributed by atoms with E-state index >= 15 is 0 Å². The molecule has 6 heteroatoms. The van der Waals surface area contributed by atoms with E-state index in [0.29, 0.717) is 6.54 Å². The molecular formula is C16H22N4OS. The van der Waals surface area contributed by atoms with Crippen LogP contribution in [0.15, 0.2) is 35.8 Å². The monoisotopic (exact) mass is 318 g/mol. The van der Waals surface area contributed by atoms with Gasteiger partial charge in [0, 0.05) is 38.8 Å². The second-order valence-electron chi connectivity index (χ2n) is 5.38. The van der Waals surface area contributed by atoms with Gasteiger partial charge in [-0.1, -0.05) is 6.07 Å². The molecular weight excluding hydrogens is 296 g/mol. The van der Waals surface area contributed by atoms with Gasteiger partial charge < -0.3 is 15.1 Å². The Morgan fingerprint density at radius 3 is 2.77 bits per heavy atom. The molecule has 0 aliphatic rings. The van der Waals surface area contributed by atoms with Crippen molar-refractivity contribution in [3.8, 4) is 0 Å². The highest BCUT2D eigenvalue weighted by atomic mass is 32.1. The van der Waals surface area contributed by atoms with Crippen LogP contribution < -0.4 is 10.2 Å². The Labute approximate surface area is 135 Å². The molecule has 0 aromatic carbocycles. The zero-order valence-electron chi connectivity index (χ0n) is 13.4. The van der Waals surface area contributed by atoms with Crippen molar-refractivity contribution >= 4 is 23.2 Å². The molecule has 0 unspecified atom stereocenters. The SMILES string of the molecule is C[C@H](c1cccs1)N(C)C(=O)NCc1ccnc(N(C)C)c1. The maximum Gasteiger partial charge on any atom is 0.317 e. The minimum atomic E-state index is -0.0795. The number of urea groups is 1. The van der Waals surface area contributed by atoms with E-state index in [1.54, 1.807) is 22.4 Å². The number of anilines is 1. The number of hydrogen-bond donors (Lipinski definition) is 1. The first-order valence-electron chi connectivity index (χ1n) is 7.15. The number of carbonyl (C=O) groups is 1. The fraction of sp³-hybridized carbons (Fsp3) is 0.375. The number of rotatable bonds is 5. The van der Waals surface area contributed by atoms with Gasteiger partial charge in [0.05, 0.1) is 6.04 Å². The van der Waals surface area contributed by atoms with Gasteiger partial charge >= 0.3 is 6.03 Å². The molecule has 1 N–H and O–H groups in total. The van der Waals surface area contributed by atoms with Crippen LogP contribution in [0.5, 0.6) is 0 Å². The summed E-state index contributed by atoms with van der Waals surface area (Å²) in [6.07, 6.45) is 1.76. The smallest absolute Gasteiger partial charge is 0.317 e. The molecule has 0 aliphatic heterocycles. The molecule has 2 aromatic heterocycles. The Balaban J connectivity index is 1.93. The van der Waals surface area contributed by atoms with Crippen molar-refractivity contribution in [3.63, 3.8) is 0 Å². The number of pyridine rings is 1. The summed E-state index contributed by atoms with van der Waals surface area (Å²) in [4.78, 5) is 21.4. The lowest BCUT2D eigenvalue weighted by Gasteiger charge is -2.24. The zero-order chi connectivity index (χ0) is 16.1. The van der Waals surface area contributed by atoms with Gasteiger partial charge in [0.25, 0.3) is 0 Å². The predicted octanol–water partition coefficient (Wildman–Crippen LogP) is 3.11. The number of nitrogens with one attached hydrogen (secondary N) is 1. The molecule has 2 heterocycles. The Hall–Kier alpha value is -2.08. The number of hydrogen-bond acceptors (Lipinski definition) is 4. The van der Waals surface area contributed by atoms with Crippen LogP contribution in [0.25, 0.3) is 0 Å². The quantitative estimate of drug-likeness (QED) is 0.921. The summed E-state index contributed by atoms with van der Waals surface area (Å²) in [5.74, 6) is 0.882. The van der Waals surface area contributed by atoms with E-state index in [-0.39, 0.29) is 12.1 Å². The maximum atomic E-state index is 12.3.